The van der Waals surface area contributed by atoms with Crippen LogP contribution in [0.15, 0.2) is 24.7 Å². The van der Waals surface area contributed by atoms with Gasteiger partial charge in [-0.3, -0.25) is 4.68 Å². The molecule has 2 amide bonds. The molecular formula is C16H23N7O. The van der Waals surface area contributed by atoms with Crippen LogP contribution in [0.2, 0.25) is 0 Å². The van der Waals surface area contributed by atoms with Gasteiger partial charge in [-0.05, 0) is 31.7 Å². The molecule has 1 atom stereocenters. The molecule has 0 spiro atoms. The summed E-state index contributed by atoms with van der Waals surface area (Å²) in [6.45, 7) is 4.32. The van der Waals surface area contributed by atoms with Gasteiger partial charge >= 0.3 is 6.03 Å². The fraction of sp³-hybridized carbons (Fsp3) is 0.500. The highest BCUT2D eigenvalue weighted by atomic mass is 16.2. The molecule has 0 radical (unpaired) electrons. The topological polar surface area (TPSA) is 88.0 Å². The lowest BCUT2D eigenvalue weighted by Crippen LogP contribution is -2.42. The summed E-state index contributed by atoms with van der Waals surface area (Å²) in [5, 5.41) is 10.0. The number of hydrogen-bond acceptors (Lipinski definition) is 5. The SMILES string of the molecule is Cc1nn(C)cc1NC(=O)NCC1CCCN(c2ncccn2)C1. The molecule has 1 unspecified atom stereocenters. The van der Waals surface area contributed by atoms with E-state index in [0.717, 1.165) is 43.3 Å². The van der Waals surface area contributed by atoms with Crippen LogP contribution < -0.4 is 15.5 Å². The molecular weight excluding hydrogens is 306 g/mol. The molecule has 2 aromatic heterocycles. The van der Waals surface area contributed by atoms with E-state index in [1.807, 2.05) is 20.0 Å². The number of nitrogens with zero attached hydrogens (tertiary/aromatic N) is 5. The van der Waals surface area contributed by atoms with Crippen molar-refractivity contribution in [1.82, 2.24) is 25.1 Å². The summed E-state index contributed by atoms with van der Waals surface area (Å²) in [5.74, 6) is 1.15. The number of aromatic nitrogens is 4. The van der Waals surface area contributed by atoms with Gasteiger partial charge in [-0.2, -0.15) is 5.10 Å². The van der Waals surface area contributed by atoms with Gasteiger partial charge in [0.25, 0.3) is 0 Å². The van der Waals surface area contributed by atoms with E-state index >= 15 is 0 Å². The van der Waals surface area contributed by atoms with Gasteiger partial charge in [0, 0.05) is 45.3 Å². The average Bonchev–Trinajstić information content (AvgIpc) is 2.91. The number of aryl methyl sites for hydroxylation is 2. The van der Waals surface area contributed by atoms with Gasteiger partial charge in [0.15, 0.2) is 0 Å². The minimum atomic E-state index is -0.195. The molecule has 2 N–H and O–H groups in total. The maximum absolute atomic E-state index is 12.1. The third-order valence-electron chi connectivity index (χ3n) is 4.17. The van der Waals surface area contributed by atoms with Crippen molar-refractivity contribution in [2.24, 2.45) is 13.0 Å². The molecule has 1 aliphatic heterocycles. The smallest absolute Gasteiger partial charge is 0.319 e. The molecule has 8 heteroatoms. The van der Waals surface area contributed by atoms with Crippen molar-refractivity contribution in [2.75, 3.05) is 29.9 Å². The number of nitrogens with one attached hydrogen (secondary N) is 2. The summed E-state index contributed by atoms with van der Waals surface area (Å²) >= 11 is 0. The van der Waals surface area contributed by atoms with E-state index in [1.54, 1.807) is 23.3 Å². The summed E-state index contributed by atoms with van der Waals surface area (Å²) in [6, 6.07) is 1.62. The Bertz CT molecular complexity index is 685. The number of anilines is 2. The minimum absolute atomic E-state index is 0.195. The molecule has 3 rings (SSSR count). The average molecular weight is 329 g/mol. The molecule has 0 saturated carbocycles. The van der Waals surface area contributed by atoms with Crippen molar-refractivity contribution in [3.8, 4) is 0 Å². The van der Waals surface area contributed by atoms with E-state index in [1.165, 1.54) is 0 Å². The van der Waals surface area contributed by atoms with E-state index in [4.69, 9.17) is 0 Å². The zero-order valence-electron chi connectivity index (χ0n) is 14.1. The Kier molecular flexibility index (Phi) is 4.93. The minimum Gasteiger partial charge on any atom is -0.340 e. The second kappa shape index (κ2) is 7.29. The first-order chi connectivity index (χ1) is 11.6. The zero-order valence-corrected chi connectivity index (χ0v) is 14.1. The number of carbonyl (C=O) groups is 1. The monoisotopic (exact) mass is 329 g/mol. The first-order valence-corrected chi connectivity index (χ1v) is 8.19. The molecule has 0 bridgehead atoms. The van der Waals surface area contributed by atoms with Crippen LogP contribution in [-0.4, -0.2) is 45.4 Å². The molecule has 0 aromatic carbocycles. The maximum Gasteiger partial charge on any atom is 0.319 e. The van der Waals surface area contributed by atoms with E-state index in [9.17, 15) is 4.79 Å². The van der Waals surface area contributed by atoms with Crippen LogP contribution in [0.3, 0.4) is 0 Å². The number of rotatable bonds is 4. The lowest BCUT2D eigenvalue weighted by Gasteiger charge is -2.32. The van der Waals surface area contributed by atoms with Crippen LogP contribution in [0, 0.1) is 12.8 Å². The van der Waals surface area contributed by atoms with Crippen LogP contribution in [0.5, 0.6) is 0 Å². The number of hydrogen-bond donors (Lipinski definition) is 2. The normalized spacial score (nSPS) is 17.6. The molecule has 1 aliphatic rings. The molecule has 3 heterocycles. The van der Waals surface area contributed by atoms with Crippen LogP contribution >= 0.6 is 0 Å². The maximum atomic E-state index is 12.1. The quantitative estimate of drug-likeness (QED) is 0.889. The van der Waals surface area contributed by atoms with Crippen molar-refractivity contribution < 1.29 is 4.79 Å². The fourth-order valence-electron chi connectivity index (χ4n) is 2.99. The van der Waals surface area contributed by atoms with Crippen molar-refractivity contribution >= 4 is 17.7 Å². The van der Waals surface area contributed by atoms with Crippen molar-refractivity contribution in [3.63, 3.8) is 0 Å². The second-order valence-corrected chi connectivity index (χ2v) is 6.14. The van der Waals surface area contributed by atoms with E-state index < -0.39 is 0 Å². The third-order valence-corrected chi connectivity index (χ3v) is 4.17. The number of amides is 2. The number of piperidine rings is 1. The summed E-state index contributed by atoms with van der Waals surface area (Å²) in [6.07, 6.45) is 7.48. The second-order valence-electron chi connectivity index (χ2n) is 6.14. The van der Waals surface area contributed by atoms with Gasteiger partial charge in [0.1, 0.15) is 0 Å². The summed E-state index contributed by atoms with van der Waals surface area (Å²) in [4.78, 5) is 22.9. The van der Waals surface area contributed by atoms with Gasteiger partial charge in [0.05, 0.1) is 11.4 Å². The van der Waals surface area contributed by atoms with Gasteiger partial charge in [0.2, 0.25) is 5.95 Å². The Balaban J connectivity index is 1.49. The molecule has 1 saturated heterocycles. The molecule has 128 valence electrons. The van der Waals surface area contributed by atoms with E-state index in [0.29, 0.717) is 12.5 Å². The highest BCUT2D eigenvalue weighted by molar-refractivity contribution is 5.89. The Morgan fingerprint density at radius 3 is 2.88 bits per heavy atom. The largest absolute Gasteiger partial charge is 0.340 e. The zero-order chi connectivity index (χ0) is 16.9. The third kappa shape index (κ3) is 4.01. The summed E-state index contributed by atoms with van der Waals surface area (Å²) < 4.78 is 1.68. The standard InChI is InChI=1S/C16H23N7O/c1-12-14(11-22(2)21-12)20-16(24)19-9-13-5-3-8-23(10-13)15-17-6-4-7-18-15/h4,6-7,11,13H,3,5,8-10H2,1-2H3,(H2,19,20,24). The van der Waals surface area contributed by atoms with Crippen LogP contribution in [0.1, 0.15) is 18.5 Å². The lowest BCUT2D eigenvalue weighted by molar-refractivity contribution is 0.249. The first kappa shape index (κ1) is 16.2. The summed E-state index contributed by atoms with van der Waals surface area (Å²) in [7, 11) is 1.83. The van der Waals surface area contributed by atoms with Gasteiger partial charge in [-0.15, -0.1) is 0 Å². The van der Waals surface area contributed by atoms with Crippen LogP contribution in [-0.2, 0) is 7.05 Å². The fourth-order valence-corrected chi connectivity index (χ4v) is 2.99. The van der Waals surface area contributed by atoms with E-state index in [-0.39, 0.29) is 6.03 Å². The van der Waals surface area contributed by atoms with Gasteiger partial charge < -0.3 is 15.5 Å². The van der Waals surface area contributed by atoms with Gasteiger partial charge in [-0.1, -0.05) is 0 Å². The Labute approximate surface area is 141 Å². The molecule has 0 aliphatic carbocycles. The Hall–Kier alpha value is -2.64. The number of carbonyl (C=O) groups excluding carboxylic acids is 1. The Morgan fingerprint density at radius 1 is 1.38 bits per heavy atom. The molecule has 1 fully saturated rings. The predicted octanol–water partition coefficient (Wildman–Crippen LogP) is 1.56. The summed E-state index contributed by atoms with van der Waals surface area (Å²) in [5.41, 5.74) is 1.54. The van der Waals surface area contributed by atoms with Crippen LogP contribution in [0.4, 0.5) is 16.4 Å². The number of urea groups is 1. The lowest BCUT2D eigenvalue weighted by atomic mass is 9.98. The molecule has 8 nitrogen and oxygen atoms in total. The van der Waals surface area contributed by atoms with Crippen molar-refractivity contribution in [3.05, 3.63) is 30.4 Å². The van der Waals surface area contributed by atoms with Crippen LogP contribution in [0.25, 0.3) is 0 Å². The predicted molar refractivity (Wildman–Crippen MR) is 91.9 cm³/mol. The molecule has 2 aromatic rings. The first-order valence-electron chi connectivity index (χ1n) is 8.19. The molecule has 24 heavy (non-hydrogen) atoms. The van der Waals surface area contributed by atoms with E-state index in [2.05, 4.69) is 30.6 Å². The highest BCUT2D eigenvalue weighted by Crippen LogP contribution is 2.19. The highest BCUT2D eigenvalue weighted by Gasteiger charge is 2.22. The van der Waals surface area contributed by atoms with Crippen molar-refractivity contribution in [1.29, 1.82) is 0 Å². The Morgan fingerprint density at radius 2 is 2.17 bits per heavy atom. The van der Waals surface area contributed by atoms with Crippen molar-refractivity contribution in [2.45, 2.75) is 19.8 Å². The van der Waals surface area contributed by atoms with Gasteiger partial charge in [-0.25, -0.2) is 14.8 Å².